The van der Waals surface area contributed by atoms with Gasteiger partial charge in [-0.1, -0.05) is 6.92 Å². The minimum absolute atomic E-state index is 0.443. The van der Waals surface area contributed by atoms with Crippen LogP contribution in [0.15, 0.2) is 16.7 Å². The summed E-state index contributed by atoms with van der Waals surface area (Å²) in [6, 6.07) is 2.59. The average Bonchev–Trinajstić information content (AvgIpc) is 2.92. The van der Waals surface area contributed by atoms with Crippen LogP contribution in [-0.2, 0) is 11.3 Å². The van der Waals surface area contributed by atoms with E-state index in [-0.39, 0.29) is 0 Å². The van der Waals surface area contributed by atoms with E-state index in [1.807, 2.05) is 6.20 Å². The van der Waals surface area contributed by atoms with Gasteiger partial charge in [0.2, 0.25) is 0 Å². The summed E-state index contributed by atoms with van der Waals surface area (Å²) in [7, 11) is 2.11. The monoisotopic (exact) mass is 327 g/mol. The van der Waals surface area contributed by atoms with Gasteiger partial charge in [0, 0.05) is 36.4 Å². The summed E-state index contributed by atoms with van der Waals surface area (Å²) in [6.45, 7) is 5.72. The molecule has 2 rings (SSSR count). The van der Waals surface area contributed by atoms with E-state index in [9.17, 15) is 0 Å². The lowest BCUT2D eigenvalue weighted by Crippen LogP contribution is -2.33. The number of hydrogen-bond donors (Lipinski definition) is 1. The summed E-state index contributed by atoms with van der Waals surface area (Å²) in [5, 5.41) is 3.45. The first kappa shape index (κ1) is 14.8. The van der Waals surface area contributed by atoms with E-state index >= 15 is 0 Å². The van der Waals surface area contributed by atoms with Gasteiger partial charge in [0.1, 0.15) is 5.82 Å². The van der Waals surface area contributed by atoms with Crippen molar-refractivity contribution in [1.29, 1.82) is 0 Å². The zero-order chi connectivity index (χ0) is 13.7. The number of halogens is 1. The molecule has 1 saturated heterocycles. The third-order valence-corrected chi connectivity index (χ3v) is 3.87. The molecule has 19 heavy (non-hydrogen) atoms. The number of aromatic nitrogens is 1. The molecule has 5 heteroatoms. The van der Waals surface area contributed by atoms with Crippen LogP contribution in [-0.4, -0.2) is 37.8 Å². The lowest BCUT2D eigenvalue weighted by atomic mass is 10.2. The van der Waals surface area contributed by atoms with Crippen molar-refractivity contribution < 1.29 is 4.74 Å². The van der Waals surface area contributed by atoms with E-state index in [4.69, 9.17) is 4.74 Å². The lowest BCUT2D eigenvalue weighted by Gasteiger charge is -2.26. The fraction of sp³-hybridized carbons (Fsp3) is 0.643. The Kier molecular flexibility index (Phi) is 5.60. The van der Waals surface area contributed by atoms with Gasteiger partial charge in [0.05, 0.1) is 12.6 Å². The molecule has 106 valence electrons. The van der Waals surface area contributed by atoms with Crippen LogP contribution in [0.25, 0.3) is 0 Å². The standard InChI is InChI=1S/C14H22BrN3O/c1-3-5-16-8-11-7-12(15)9-17-14(11)18(2)13-4-6-19-10-13/h7,9,13,16H,3-6,8,10H2,1-2H3. The molecule has 0 saturated carbocycles. The lowest BCUT2D eigenvalue weighted by molar-refractivity contribution is 0.193. The van der Waals surface area contributed by atoms with E-state index in [0.717, 1.165) is 49.4 Å². The van der Waals surface area contributed by atoms with Gasteiger partial charge in [-0.05, 0) is 41.4 Å². The highest BCUT2D eigenvalue weighted by Crippen LogP contribution is 2.24. The number of nitrogens with zero attached hydrogens (tertiary/aromatic N) is 2. The maximum Gasteiger partial charge on any atom is 0.133 e. The van der Waals surface area contributed by atoms with Gasteiger partial charge < -0.3 is 15.0 Å². The molecule has 1 N–H and O–H groups in total. The van der Waals surface area contributed by atoms with Crippen molar-refractivity contribution in [1.82, 2.24) is 10.3 Å². The fourth-order valence-corrected chi connectivity index (χ4v) is 2.70. The second-order valence-corrected chi connectivity index (χ2v) is 5.86. The van der Waals surface area contributed by atoms with Crippen molar-refractivity contribution in [3.05, 3.63) is 22.3 Å². The smallest absolute Gasteiger partial charge is 0.133 e. The first-order valence-electron chi connectivity index (χ1n) is 6.88. The largest absolute Gasteiger partial charge is 0.379 e. The predicted molar refractivity (Wildman–Crippen MR) is 81.6 cm³/mol. The van der Waals surface area contributed by atoms with Crippen molar-refractivity contribution in [2.75, 3.05) is 31.7 Å². The number of pyridine rings is 1. The molecular formula is C14H22BrN3O. The average molecular weight is 328 g/mol. The molecule has 1 aromatic heterocycles. The molecule has 0 radical (unpaired) electrons. The quantitative estimate of drug-likeness (QED) is 0.815. The molecule has 1 fully saturated rings. The van der Waals surface area contributed by atoms with Crippen LogP contribution in [0.5, 0.6) is 0 Å². The number of ether oxygens (including phenoxy) is 1. The zero-order valence-corrected chi connectivity index (χ0v) is 13.2. The Bertz CT molecular complexity index is 408. The van der Waals surface area contributed by atoms with Crippen molar-refractivity contribution >= 4 is 21.7 Å². The Balaban J connectivity index is 2.12. The van der Waals surface area contributed by atoms with Crippen LogP contribution in [0.3, 0.4) is 0 Å². The number of hydrogen-bond acceptors (Lipinski definition) is 4. The van der Waals surface area contributed by atoms with Crippen LogP contribution < -0.4 is 10.2 Å². The highest BCUT2D eigenvalue weighted by molar-refractivity contribution is 9.10. The van der Waals surface area contributed by atoms with E-state index in [1.165, 1.54) is 5.56 Å². The van der Waals surface area contributed by atoms with E-state index in [2.05, 4.69) is 51.2 Å². The molecule has 1 aliphatic rings. The molecule has 0 amide bonds. The summed E-state index contributed by atoms with van der Waals surface area (Å²) in [5.41, 5.74) is 1.23. The summed E-state index contributed by atoms with van der Waals surface area (Å²) >= 11 is 3.50. The van der Waals surface area contributed by atoms with E-state index < -0.39 is 0 Å². The van der Waals surface area contributed by atoms with Crippen molar-refractivity contribution in [2.45, 2.75) is 32.4 Å². The molecule has 4 nitrogen and oxygen atoms in total. The summed E-state index contributed by atoms with van der Waals surface area (Å²) < 4.78 is 6.50. The maximum atomic E-state index is 5.47. The Labute approximate surface area is 123 Å². The summed E-state index contributed by atoms with van der Waals surface area (Å²) in [4.78, 5) is 6.84. The number of likely N-dealkylation sites (N-methyl/N-ethyl adjacent to an activating group) is 1. The second kappa shape index (κ2) is 7.22. The molecule has 2 heterocycles. The Morgan fingerprint density at radius 1 is 1.58 bits per heavy atom. The minimum Gasteiger partial charge on any atom is -0.379 e. The molecule has 0 spiro atoms. The molecule has 1 aromatic rings. The zero-order valence-electron chi connectivity index (χ0n) is 11.7. The van der Waals surface area contributed by atoms with Gasteiger partial charge in [0.15, 0.2) is 0 Å². The number of anilines is 1. The first-order valence-corrected chi connectivity index (χ1v) is 7.67. The van der Waals surface area contributed by atoms with Crippen molar-refractivity contribution in [3.63, 3.8) is 0 Å². The second-order valence-electron chi connectivity index (χ2n) is 4.94. The molecule has 1 unspecified atom stereocenters. The maximum absolute atomic E-state index is 5.47. The Morgan fingerprint density at radius 3 is 3.11 bits per heavy atom. The van der Waals surface area contributed by atoms with Crippen LogP contribution in [0.2, 0.25) is 0 Å². The Morgan fingerprint density at radius 2 is 2.42 bits per heavy atom. The molecule has 0 aliphatic carbocycles. The molecule has 0 bridgehead atoms. The van der Waals surface area contributed by atoms with Crippen LogP contribution in [0.4, 0.5) is 5.82 Å². The summed E-state index contributed by atoms with van der Waals surface area (Å²) in [5.74, 6) is 1.06. The normalized spacial score (nSPS) is 18.8. The van der Waals surface area contributed by atoms with Gasteiger partial charge in [0.25, 0.3) is 0 Å². The van der Waals surface area contributed by atoms with Gasteiger partial charge >= 0.3 is 0 Å². The van der Waals surface area contributed by atoms with Crippen LogP contribution in [0, 0.1) is 0 Å². The highest BCUT2D eigenvalue weighted by Gasteiger charge is 2.23. The van der Waals surface area contributed by atoms with Gasteiger partial charge in [-0.15, -0.1) is 0 Å². The van der Waals surface area contributed by atoms with E-state index in [1.54, 1.807) is 0 Å². The third-order valence-electron chi connectivity index (χ3n) is 3.44. The molecule has 1 atom stereocenters. The van der Waals surface area contributed by atoms with Crippen molar-refractivity contribution in [3.8, 4) is 0 Å². The van der Waals surface area contributed by atoms with Gasteiger partial charge in [-0.3, -0.25) is 0 Å². The minimum atomic E-state index is 0.443. The van der Waals surface area contributed by atoms with Gasteiger partial charge in [-0.2, -0.15) is 0 Å². The molecular weight excluding hydrogens is 306 g/mol. The highest BCUT2D eigenvalue weighted by atomic mass is 79.9. The fourth-order valence-electron chi connectivity index (χ4n) is 2.32. The summed E-state index contributed by atoms with van der Waals surface area (Å²) in [6.07, 6.45) is 4.09. The van der Waals surface area contributed by atoms with Gasteiger partial charge in [-0.25, -0.2) is 4.98 Å². The Hall–Kier alpha value is -0.650. The SMILES string of the molecule is CCCNCc1cc(Br)cnc1N(C)C1CCOC1. The molecule has 0 aromatic carbocycles. The number of rotatable bonds is 6. The first-order chi connectivity index (χ1) is 9.22. The van der Waals surface area contributed by atoms with Crippen LogP contribution >= 0.6 is 15.9 Å². The van der Waals surface area contributed by atoms with Crippen molar-refractivity contribution in [2.24, 2.45) is 0 Å². The van der Waals surface area contributed by atoms with E-state index in [0.29, 0.717) is 6.04 Å². The number of nitrogens with one attached hydrogen (secondary N) is 1. The third kappa shape index (κ3) is 3.91. The topological polar surface area (TPSA) is 37.4 Å². The predicted octanol–water partition coefficient (Wildman–Crippen LogP) is 2.57. The van der Waals surface area contributed by atoms with Crippen LogP contribution in [0.1, 0.15) is 25.3 Å². The molecule has 1 aliphatic heterocycles.